The standard InChI is InChI=1S/C8H10O.C5H6N2O/c1-2-7-5-3-4-6-8(7)9;1-8-5-4-6-2-3-7-5/h3-6,9H,2H2,1H3;2-4H,1H3. The van der Waals surface area contributed by atoms with Crippen molar-refractivity contribution in [2.45, 2.75) is 13.3 Å². The molecule has 1 heterocycles. The lowest BCUT2D eigenvalue weighted by atomic mass is 10.1. The van der Waals surface area contributed by atoms with Gasteiger partial charge in [0.05, 0.1) is 13.3 Å². The molecule has 0 atom stereocenters. The van der Waals surface area contributed by atoms with Crippen molar-refractivity contribution in [2.75, 3.05) is 7.11 Å². The van der Waals surface area contributed by atoms with Gasteiger partial charge in [0.25, 0.3) is 0 Å². The van der Waals surface area contributed by atoms with Crippen molar-refractivity contribution in [3.8, 4) is 11.6 Å². The Labute approximate surface area is 101 Å². The number of nitrogens with zero attached hydrogens (tertiary/aromatic N) is 2. The highest BCUT2D eigenvalue weighted by Gasteiger charge is 1.92. The molecule has 90 valence electrons. The van der Waals surface area contributed by atoms with Crippen LogP contribution in [0.15, 0.2) is 42.9 Å². The summed E-state index contributed by atoms with van der Waals surface area (Å²) in [7, 11) is 1.56. The number of methoxy groups -OCH3 is 1. The van der Waals surface area contributed by atoms with E-state index in [0.717, 1.165) is 12.0 Å². The van der Waals surface area contributed by atoms with Crippen molar-refractivity contribution in [1.29, 1.82) is 0 Å². The van der Waals surface area contributed by atoms with Gasteiger partial charge in [-0.2, -0.15) is 0 Å². The van der Waals surface area contributed by atoms with Crippen LogP contribution in [-0.4, -0.2) is 22.2 Å². The van der Waals surface area contributed by atoms with E-state index in [1.807, 2.05) is 25.1 Å². The molecule has 1 aromatic carbocycles. The Hall–Kier alpha value is -2.10. The maximum Gasteiger partial charge on any atom is 0.231 e. The summed E-state index contributed by atoms with van der Waals surface area (Å²) in [6.07, 6.45) is 5.63. The van der Waals surface area contributed by atoms with Crippen LogP contribution in [0.5, 0.6) is 11.6 Å². The topological polar surface area (TPSA) is 55.2 Å². The van der Waals surface area contributed by atoms with Crippen molar-refractivity contribution in [3.05, 3.63) is 48.4 Å². The molecule has 0 aliphatic rings. The number of phenolic OH excluding ortho intramolecular Hbond substituents is 1. The van der Waals surface area contributed by atoms with Crippen molar-refractivity contribution in [3.63, 3.8) is 0 Å². The molecule has 0 fully saturated rings. The summed E-state index contributed by atoms with van der Waals surface area (Å²) >= 11 is 0. The average molecular weight is 232 g/mol. The van der Waals surface area contributed by atoms with E-state index >= 15 is 0 Å². The summed E-state index contributed by atoms with van der Waals surface area (Å²) in [5.74, 6) is 0.951. The second-order valence-corrected chi connectivity index (χ2v) is 3.23. The third-order valence-electron chi connectivity index (χ3n) is 2.12. The van der Waals surface area contributed by atoms with Crippen molar-refractivity contribution >= 4 is 0 Å². The highest BCUT2D eigenvalue weighted by Crippen LogP contribution is 2.14. The highest BCUT2D eigenvalue weighted by atomic mass is 16.5. The van der Waals surface area contributed by atoms with Gasteiger partial charge < -0.3 is 9.84 Å². The van der Waals surface area contributed by atoms with Crippen LogP contribution in [0.1, 0.15) is 12.5 Å². The lowest BCUT2D eigenvalue weighted by molar-refractivity contribution is 0.395. The number of phenols is 1. The zero-order valence-electron chi connectivity index (χ0n) is 10.00. The van der Waals surface area contributed by atoms with E-state index in [1.165, 1.54) is 0 Å². The number of aromatic nitrogens is 2. The van der Waals surface area contributed by atoms with Gasteiger partial charge in [-0.15, -0.1) is 0 Å². The van der Waals surface area contributed by atoms with Crippen LogP contribution in [0.2, 0.25) is 0 Å². The van der Waals surface area contributed by atoms with Gasteiger partial charge in [0, 0.05) is 12.4 Å². The number of para-hydroxylation sites is 1. The van der Waals surface area contributed by atoms with Gasteiger partial charge in [-0.25, -0.2) is 4.98 Å². The third kappa shape index (κ3) is 4.51. The van der Waals surface area contributed by atoms with Gasteiger partial charge in [0.1, 0.15) is 5.75 Å². The molecule has 1 aromatic heterocycles. The smallest absolute Gasteiger partial charge is 0.231 e. The van der Waals surface area contributed by atoms with Crippen LogP contribution in [-0.2, 0) is 6.42 Å². The molecule has 0 amide bonds. The summed E-state index contributed by atoms with van der Waals surface area (Å²) in [5.41, 5.74) is 1.01. The molecule has 0 saturated carbocycles. The van der Waals surface area contributed by atoms with Crippen LogP contribution in [0.3, 0.4) is 0 Å². The van der Waals surface area contributed by atoms with Crippen LogP contribution in [0, 0.1) is 0 Å². The van der Waals surface area contributed by atoms with Gasteiger partial charge in [-0.05, 0) is 18.1 Å². The summed E-state index contributed by atoms with van der Waals surface area (Å²) in [6.45, 7) is 2.02. The molecule has 0 saturated heterocycles. The lowest BCUT2D eigenvalue weighted by Crippen LogP contribution is -1.85. The van der Waals surface area contributed by atoms with Crippen LogP contribution in [0.25, 0.3) is 0 Å². The number of rotatable bonds is 2. The highest BCUT2D eigenvalue weighted by molar-refractivity contribution is 5.31. The van der Waals surface area contributed by atoms with Crippen molar-refractivity contribution in [1.82, 2.24) is 9.97 Å². The quantitative estimate of drug-likeness (QED) is 0.864. The Morgan fingerprint density at radius 2 is 2.00 bits per heavy atom. The lowest BCUT2D eigenvalue weighted by Gasteiger charge is -1.97. The summed E-state index contributed by atoms with van der Waals surface area (Å²) < 4.78 is 4.74. The predicted octanol–water partition coefficient (Wildman–Crippen LogP) is 2.44. The van der Waals surface area contributed by atoms with E-state index < -0.39 is 0 Å². The van der Waals surface area contributed by atoms with E-state index in [-0.39, 0.29) is 0 Å². The maximum atomic E-state index is 9.11. The minimum absolute atomic E-state index is 0.403. The zero-order valence-corrected chi connectivity index (χ0v) is 10.00. The second-order valence-electron chi connectivity index (χ2n) is 3.23. The first-order valence-corrected chi connectivity index (χ1v) is 5.34. The molecule has 0 radical (unpaired) electrons. The molecule has 0 spiro atoms. The molecule has 17 heavy (non-hydrogen) atoms. The molecular formula is C13H16N2O2. The number of aromatic hydroxyl groups is 1. The molecular weight excluding hydrogens is 216 g/mol. The minimum Gasteiger partial charge on any atom is -0.508 e. The SMILES string of the molecule is CCc1ccccc1O.COc1cnccn1. The Bertz CT molecular complexity index is 432. The molecule has 4 heteroatoms. The Morgan fingerprint density at radius 3 is 2.41 bits per heavy atom. The molecule has 0 aliphatic carbocycles. The van der Waals surface area contributed by atoms with E-state index in [1.54, 1.807) is 31.8 Å². The summed E-state index contributed by atoms with van der Waals surface area (Å²) in [4.78, 5) is 7.58. The van der Waals surface area contributed by atoms with Crippen molar-refractivity contribution < 1.29 is 9.84 Å². The molecule has 0 aliphatic heterocycles. The van der Waals surface area contributed by atoms with E-state index in [9.17, 15) is 0 Å². The number of aryl methyl sites for hydroxylation is 1. The van der Waals surface area contributed by atoms with E-state index in [0.29, 0.717) is 11.6 Å². The van der Waals surface area contributed by atoms with Crippen LogP contribution >= 0.6 is 0 Å². The van der Waals surface area contributed by atoms with Gasteiger partial charge in [0.2, 0.25) is 5.88 Å². The molecule has 0 unspecified atom stereocenters. The zero-order chi connectivity index (χ0) is 12.5. The molecule has 2 aromatic rings. The Kier molecular flexibility index (Phi) is 5.51. The minimum atomic E-state index is 0.403. The fraction of sp³-hybridized carbons (Fsp3) is 0.231. The number of hydrogen-bond acceptors (Lipinski definition) is 4. The normalized spacial score (nSPS) is 9.06. The fourth-order valence-electron chi connectivity index (χ4n) is 1.20. The largest absolute Gasteiger partial charge is 0.508 e. The van der Waals surface area contributed by atoms with Gasteiger partial charge in [-0.1, -0.05) is 25.1 Å². The summed E-state index contributed by atoms with van der Waals surface area (Å²) in [6, 6.07) is 7.39. The van der Waals surface area contributed by atoms with E-state index in [4.69, 9.17) is 9.84 Å². The maximum absolute atomic E-state index is 9.11. The predicted molar refractivity (Wildman–Crippen MR) is 66.1 cm³/mol. The monoisotopic (exact) mass is 232 g/mol. The van der Waals surface area contributed by atoms with Gasteiger partial charge >= 0.3 is 0 Å². The number of benzene rings is 1. The van der Waals surface area contributed by atoms with Crippen molar-refractivity contribution in [2.24, 2.45) is 0 Å². The van der Waals surface area contributed by atoms with Crippen LogP contribution < -0.4 is 4.74 Å². The molecule has 4 nitrogen and oxygen atoms in total. The Morgan fingerprint density at radius 1 is 1.24 bits per heavy atom. The summed E-state index contributed by atoms with van der Waals surface area (Å²) in [5, 5.41) is 9.11. The molecule has 1 N–H and O–H groups in total. The number of hydrogen-bond donors (Lipinski definition) is 1. The third-order valence-corrected chi connectivity index (χ3v) is 2.12. The fourth-order valence-corrected chi connectivity index (χ4v) is 1.20. The van der Waals surface area contributed by atoms with E-state index in [2.05, 4.69) is 9.97 Å². The molecule has 2 rings (SSSR count). The first-order valence-electron chi connectivity index (χ1n) is 5.34. The average Bonchev–Trinajstić information content (AvgIpc) is 2.41. The molecule has 0 bridgehead atoms. The Balaban J connectivity index is 0.000000171. The first-order chi connectivity index (χ1) is 8.27. The first kappa shape index (κ1) is 13.0. The number of ether oxygens (including phenoxy) is 1. The van der Waals surface area contributed by atoms with Gasteiger partial charge in [0.15, 0.2) is 0 Å². The van der Waals surface area contributed by atoms with Crippen LogP contribution in [0.4, 0.5) is 0 Å². The van der Waals surface area contributed by atoms with Gasteiger partial charge in [-0.3, -0.25) is 4.98 Å². The second kappa shape index (κ2) is 7.22.